The molecule has 4 nitrogen and oxygen atoms in total. The van der Waals surface area contributed by atoms with E-state index in [0.717, 1.165) is 12.0 Å². The van der Waals surface area contributed by atoms with E-state index >= 15 is 0 Å². The topological polar surface area (TPSA) is 69.6 Å². The Hall–Kier alpha value is -2.17. The summed E-state index contributed by atoms with van der Waals surface area (Å²) in [5.74, 6) is -0.628. The number of carboxylic acids is 1. The lowest BCUT2D eigenvalue weighted by molar-refractivity contribution is -0.138. The number of carboxylic acid groups (broad SMARTS) is 1. The van der Waals surface area contributed by atoms with Gasteiger partial charge in [0.15, 0.2) is 0 Å². The number of carbonyl (C=O) groups is 1. The third kappa shape index (κ3) is 6.00. The minimum absolute atomic E-state index is 0.0205. The van der Waals surface area contributed by atoms with Gasteiger partial charge in [-0.2, -0.15) is 0 Å². The predicted octanol–water partition coefficient (Wildman–Crippen LogP) is 3.59. The molecule has 3 atom stereocenters. The smallest absolute Gasteiger partial charge is 0.303 e. The van der Waals surface area contributed by atoms with Crippen LogP contribution in [0.5, 0.6) is 0 Å². The monoisotopic (exact) mass is 341 g/mol. The summed E-state index contributed by atoms with van der Waals surface area (Å²) < 4.78 is 0. The summed E-state index contributed by atoms with van der Waals surface area (Å²) in [4.78, 5) is 11.3. The first-order valence-corrected chi connectivity index (χ1v) is 8.82. The van der Waals surface area contributed by atoms with Gasteiger partial charge in [0.1, 0.15) is 0 Å². The van der Waals surface area contributed by atoms with Gasteiger partial charge in [-0.05, 0) is 35.9 Å². The van der Waals surface area contributed by atoms with Crippen LogP contribution in [0.25, 0.3) is 0 Å². The van der Waals surface area contributed by atoms with Gasteiger partial charge >= 0.3 is 5.97 Å². The van der Waals surface area contributed by atoms with Crippen molar-refractivity contribution < 1.29 is 15.0 Å². The molecule has 0 amide bonds. The molecule has 4 heteroatoms. The zero-order valence-corrected chi connectivity index (χ0v) is 14.6. The molecule has 134 valence electrons. The van der Waals surface area contributed by atoms with Crippen LogP contribution in [0.3, 0.4) is 0 Å². The number of rotatable bonds is 10. The second-order valence-electron chi connectivity index (χ2n) is 6.37. The summed E-state index contributed by atoms with van der Waals surface area (Å²) in [6.45, 7) is 3.06. The Morgan fingerprint density at radius 2 is 1.52 bits per heavy atom. The average Bonchev–Trinajstić information content (AvgIpc) is 2.63. The maximum atomic E-state index is 11.3. The summed E-state index contributed by atoms with van der Waals surface area (Å²) >= 11 is 0. The molecule has 0 saturated heterocycles. The Morgan fingerprint density at radius 3 is 2.04 bits per heavy atom. The Bertz CT molecular complexity index is 630. The van der Waals surface area contributed by atoms with Crippen molar-refractivity contribution >= 4 is 5.97 Å². The first kappa shape index (κ1) is 19.2. The SMILES string of the molecule is CCC(c1ccccc1)C(CNCC(O)c1ccccc1)CC(=O)O. The average molecular weight is 341 g/mol. The molecule has 0 aliphatic carbocycles. The maximum Gasteiger partial charge on any atom is 0.303 e. The summed E-state index contributed by atoms with van der Waals surface area (Å²) in [6, 6.07) is 19.5. The first-order chi connectivity index (χ1) is 12.1. The van der Waals surface area contributed by atoms with Crippen molar-refractivity contribution in [1.29, 1.82) is 0 Å². The Balaban J connectivity index is 1.98. The van der Waals surface area contributed by atoms with Crippen LogP contribution in [0.4, 0.5) is 0 Å². The number of hydrogen-bond acceptors (Lipinski definition) is 3. The standard InChI is InChI=1S/C21H27NO3/c1-2-19(16-9-5-3-6-10-16)18(13-21(24)25)14-22-15-20(23)17-11-7-4-8-12-17/h3-12,18-20,22-23H,2,13-15H2,1H3,(H,24,25). The van der Waals surface area contributed by atoms with E-state index in [2.05, 4.69) is 24.4 Å². The summed E-state index contributed by atoms with van der Waals surface area (Å²) in [5.41, 5.74) is 2.03. The van der Waals surface area contributed by atoms with Gasteiger partial charge < -0.3 is 15.5 Å². The number of hydrogen-bond donors (Lipinski definition) is 3. The van der Waals surface area contributed by atoms with Crippen LogP contribution < -0.4 is 5.32 Å². The highest BCUT2D eigenvalue weighted by molar-refractivity contribution is 5.67. The van der Waals surface area contributed by atoms with E-state index in [1.165, 1.54) is 5.56 Å². The molecule has 0 saturated carbocycles. The molecule has 3 unspecified atom stereocenters. The molecule has 2 rings (SSSR count). The molecule has 2 aromatic carbocycles. The molecule has 0 spiro atoms. The summed E-state index contributed by atoms with van der Waals surface area (Å²) in [7, 11) is 0. The lowest BCUT2D eigenvalue weighted by atomic mass is 9.82. The van der Waals surface area contributed by atoms with Crippen LogP contribution in [0.2, 0.25) is 0 Å². The minimum atomic E-state index is -0.787. The van der Waals surface area contributed by atoms with Crippen molar-refractivity contribution in [1.82, 2.24) is 5.32 Å². The Labute approximate surface area is 149 Å². The molecular weight excluding hydrogens is 314 g/mol. The van der Waals surface area contributed by atoms with Gasteiger partial charge in [0, 0.05) is 13.0 Å². The molecule has 0 aliphatic heterocycles. The zero-order valence-electron chi connectivity index (χ0n) is 14.6. The lowest BCUT2D eigenvalue weighted by Gasteiger charge is -2.26. The third-order valence-electron chi connectivity index (χ3n) is 4.60. The fraction of sp³-hybridized carbons (Fsp3) is 0.381. The van der Waals surface area contributed by atoms with Gasteiger partial charge in [0.25, 0.3) is 0 Å². The molecular formula is C21H27NO3. The normalized spacial score (nSPS) is 14.6. The van der Waals surface area contributed by atoms with Crippen LogP contribution in [-0.4, -0.2) is 29.3 Å². The van der Waals surface area contributed by atoms with Crippen molar-refractivity contribution in [2.75, 3.05) is 13.1 Å². The van der Waals surface area contributed by atoms with Crippen molar-refractivity contribution in [3.8, 4) is 0 Å². The Kier molecular flexibility index (Phi) is 7.64. The molecule has 0 fully saturated rings. The molecule has 25 heavy (non-hydrogen) atoms. The quantitative estimate of drug-likeness (QED) is 0.618. The lowest BCUT2D eigenvalue weighted by Crippen LogP contribution is -2.31. The molecule has 0 aromatic heterocycles. The van der Waals surface area contributed by atoms with E-state index in [1.54, 1.807) is 0 Å². The van der Waals surface area contributed by atoms with Crippen molar-refractivity contribution in [3.63, 3.8) is 0 Å². The van der Waals surface area contributed by atoms with Gasteiger partial charge in [-0.3, -0.25) is 4.79 Å². The summed E-state index contributed by atoms with van der Waals surface area (Å²) in [6.07, 6.45) is 0.399. The minimum Gasteiger partial charge on any atom is -0.481 e. The van der Waals surface area contributed by atoms with E-state index < -0.39 is 12.1 Å². The van der Waals surface area contributed by atoms with Crippen molar-refractivity contribution in [2.45, 2.75) is 31.8 Å². The molecule has 0 aliphatic rings. The molecule has 0 heterocycles. The first-order valence-electron chi connectivity index (χ1n) is 8.82. The van der Waals surface area contributed by atoms with E-state index in [0.29, 0.717) is 13.1 Å². The van der Waals surface area contributed by atoms with Crippen LogP contribution in [0.15, 0.2) is 60.7 Å². The molecule has 0 radical (unpaired) electrons. The van der Waals surface area contributed by atoms with E-state index in [9.17, 15) is 15.0 Å². The Morgan fingerprint density at radius 1 is 0.960 bits per heavy atom. The van der Waals surface area contributed by atoms with Crippen LogP contribution in [-0.2, 0) is 4.79 Å². The number of aliphatic hydroxyl groups is 1. The molecule has 2 aromatic rings. The van der Waals surface area contributed by atoms with Crippen LogP contribution >= 0.6 is 0 Å². The van der Waals surface area contributed by atoms with Crippen LogP contribution in [0, 0.1) is 5.92 Å². The van der Waals surface area contributed by atoms with Gasteiger partial charge in [-0.1, -0.05) is 67.6 Å². The predicted molar refractivity (Wildman–Crippen MR) is 99.5 cm³/mol. The number of aliphatic hydroxyl groups excluding tert-OH is 1. The highest BCUT2D eigenvalue weighted by Gasteiger charge is 2.24. The number of nitrogens with one attached hydrogen (secondary N) is 1. The second-order valence-corrected chi connectivity index (χ2v) is 6.37. The zero-order chi connectivity index (χ0) is 18.1. The number of aliphatic carboxylic acids is 1. The van der Waals surface area contributed by atoms with E-state index in [4.69, 9.17) is 0 Å². The second kappa shape index (κ2) is 9.97. The highest BCUT2D eigenvalue weighted by atomic mass is 16.4. The van der Waals surface area contributed by atoms with Gasteiger partial charge in [-0.25, -0.2) is 0 Å². The van der Waals surface area contributed by atoms with E-state index in [-0.39, 0.29) is 18.3 Å². The van der Waals surface area contributed by atoms with Gasteiger partial charge in [0.05, 0.1) is 6.10 Å². The third-order valence-corrected chi connectivity index (χ3v) is 4.60. The van der Waals surface area contributed by atoms with Gasteiger partial charge in [0.2, 0.25) is 0 Å². The molecule has 3 N–H and O–H groups in total. The fourth-order valence-corrected chi connectivity index (χ4v) is 3.32. The highest BCUT2D eigenvalue weighted by Crippen LogP contribution is 2.30. The summed E-state index contributed by atoms with van der Waals surface area (Å²) in [5, 5.41) is 22.8. The van der Waals surface area contributed by atoms with Gasteiger partial charge in [-0.15, -0.1) is 0 Å². The van der Waals surface area contributed by atoms with E-state index in [1.807, 2.05) is 48.5 Å². The van der Waals surface area contributed by atoms with Crippen LogP contribution in [0.1, 0.15) is 42.9 Å². The van der Waals surface area contributed by atoms with Crippen molar-refractivity contribution in [2.24, 2.45) is 5.92 Å². The number of benzene rings is 2. The fourth-order valence-electron chi connectivity index (χ4n) is 3.32. The molecule has 0 bridgehead atoms. The maximum absolute atomic E-state index is 11.3. The largest absolute Gasteiger partial charge is 0.481 e. The van der Waals surface area contributed by atoms with Crippen molar-refractivity contribution in [3.05, 3.63) is 71.8 Å².